The van der Waals surface area contributed by atoms with Crippen LogP contribution in [0.5, 0.6) is 0 Å². The van der Waals surface area contributed by atoms with Gasteiger partial charge in [-0.15, -0.1) is 0 Å². The van der Waals surface area contributed by atoms with Crippen molar-refractivity contribution in [3.8, 4) is 0 Å². The number of pyridine rings is 1. The molecule has 0 atom stereocenters. The molecule has 1 heterocycles. The first-order chi connectivity index (χ1) is 11.0. The van der Waals surface area contributed by atoms with Gasteiger partial charge in [0.05, 0.1) is 11.1 Å². The van der Waals surface area contributed by atoms with E-state index in [-0.39, 0.29) is 10.3 Å². The SMILES string of the molecule is CCNCCCN(CC)S(=O)(=O)c1cccc2cncc(F)c12. The smallest absolute Gasteiger partial charge is 0.243 e. The van der Waals surface area contributed by atoms with Crippen molar-refractivity contribution in [3.05, 3.63) is 36.4 Å². The van der Waals surface area contributed by atoms with Gasteiger partial charge >= 0.3 is 0 Å². The van der Waals surface area contributed by atoms with Gasteiger partial charge in [0.1, 0.15) is 0 Å². The summed E-state index contributed by atoms with van der Waals surface area (Å²) in [7, 11) is -3.75. The summed E-state index contributed by atoms with van der Waals surface area (Å²) >= 11 is 0. The average molecular weight is 339 g/mol. The molecular formula is C16H22FN3O2S. The molecule has 0 aliphatic rings. The van der Waals surface area contributed by atoms with Gasteiger partial charge in [0.15, 0.2) is 5.82 Å². The second-order valence-electron chi connectivity index (χ2n) is 5.18. The van der Waals surface area contributed by atoms with Crippen molar-refractivity contribution in [3.63, 3.8) is 0 Å². The second kappa shape index (κ2) is 7.81. The van der Waals surface area contributed by atoms with E-state index in [4.69, 9.17) is 0 Å². The maximum Gasteiger partial charge on any atom is 0.243 e. The first-order valence-electron chi connectivity index (χ1n) is 7.75. The quantitative estimate of drug-likeness (QED) is 0.750. The lowest BCUT2D eigenvalue weighted by Gasteiger charge is -2.21. The Morgan fingerprint density at radius 3 is 2.74 bits per heavy atom. The summed E-state index contributed by atoms with van der Waals surface area (Å²) in [4.78, 5) is 3.78. The molecule has 2 rings (SSSR count). The first kappa shape index (κ1) is 17.8. The third-order valence-electron chi connectivity index (χ3n) is 3.68. The van der Waals surface area contributed by atoms with Crippen molar-refractivity contribution in [2.45, 2.75) is 25.2 Å². The maximum absolute atomic E-state index is 14.1. The fraction of sp³-hybridized carbons (Fsp3) is 0.438. The summed E-state index contributed by atoms with van der Waals surface area (Å²) in [6.45, 7) is 6.12. The van der Waals surface area contributed by atoms with E-state index in [2.05, 4.69) is 10.3 Å². The average Bonchev–Trinajstić information content (AvgIpc) is 2.54. The number of aromatic nitrogens is 1. The van der Waals surface area contributed by atoms with Crippen molar-refractivity contribution in [1.82, 2.24) is 14.6 Å². The van der Waals surface area contributed by atoms with E-state index in [0.29, 0.717) is 24.9 Å². The first-order valence-corrected chi connectivity index (χ1v) is 9.19. The van der Waals surface area contributed by atoms with Gasteiger partial charge in [-0.1, -0.05) is 26.0 Å². The molecule has 0 fully saturated rings. The van der Waals surface area contributed by atoms with Crippen molar-refractivity contribution in [2.24, 2.45) is 0 Å². The fourth-order valence-electron chi connectivity index (χ4n) is 2.52. The zero-order chi connectivity index (χ0) is 16.9. The van der Waals surface area contributed by atoms with Gasteiger partial charge in [0.25, 0.3) is 0 Å². The largest absolute Gasteiger partial charge is 0.317 e. The van der Waals surface area contributed by atoms with Gasteiger partial charge in [-0.2, -0.15) is 4.31 Å². The zero-order valence-electron chi connectivity index (χ0n) is 13.4. The lowest BCUT2D eigenvalue weighted by molar-refractivity contribution is 0.417. The summed E-state index contributed by atoms with van der Waals surface area (Å²) in [5.41, 5.74) is 0. The summed E-state index contributed by atoms with van der Waals surface area (Å²) < 4.78 is 41.4. The van der Waals surface area contributed by atoms with Gasteiger partial charge in [-0.05, 0) is 25.6 Å². The molecule has 0 unspecified atom stereocenters. The molecule has 0 amide bonds. The highest BCUT2D eigenvalue weighted by atomic mass is 32.2. The molecule has 126 valence electrons. The standard InChI is InChI=1S/C16H22FN3O2S/c1-3-18-9-6-10-20(4-2)23(21,22)15-8-5-7-13-11-19-12-14(17)16(13)15/h5,7-8,11-12,18H,3-4,6,9-10H2,1-2H3. The van der Waals surface area contributed by atoms with Gasteiger partial charge in [-0.25, -0.2) is 12.8 Å². The molecule has 0 saturated heterocycles. The molecule has 0 aliphatic carbocycles. The number of halogens is 1. The van der Waals surface area contributed by atoms with E-state index in [1.54, 1.807) is 19.1 Å². The summed E-state index contributed by atoms with van der Waals surface area (Å²) in [6.07, 6.45) is 3.22. The molecule has 1 aromatic heterocycles. The second-order valence-corrected chi connectivity index (χ2v) is 7.09. The van der Waals surface area contributed by atoms with Crippen LogP contribution in [0.3, 0.4) is 0 Å². The van der Waals surface area contributed by atoms with Crippen LogP contribution >= 0.6 is 0 Å². The van der Waals surface area contributed by atoms with E-state index in [0.717, 1.165) is 19.3 Å². The van der Waals surface area contributed by atoms with Crippen molar-refractivity contribution >= 4 is 20.8 Å². The van der Waals surface area contributed by atoms with Crippen LogP contribution in [0.1, 0.15) is 20.3 Å². The minimum atomic E-state index is -3.75. The van der Waals surface area contributed by atoms with Crippen LogP contribution in [0.25, 0.3) is 10.8 Å². The molecule has 5 nitrogen and oxygen atoms in total. The number of nitrogens with zero attached hydrogens (tertiary/aromatic N) is 2. The van der Waals surface area contributed by atoms with Crippen molar-refractivity contribution in [2.75, 3.05) is 26.2 Å². The van der Waals surface area contributed by atoms with E-state index in [1.165, 1.54) is 16.6 Å². The predicted molar refractivity (Wildman–Crippen MR) is 89.3 cm³/mol. The minimum absolute atomic E-state index is 0.000186. The van der Waals surface area contributed by atoms with Crippen LogP contribution in [0.4, 0.5) is 4.39 Å². The number of nitrogens with one attached hydrogen (secondary N) is 1. The lowest BCUT2D eigenvalue weighted by Crippen LogP contribution is -2.33. The highest BCUT2D eigenvalue weighted by molar-refractivity contribution is 7.89. The number of benzene rings is 1. The summed E-state index contributed by atoms with van der Waals surface area (Å²) in [6, 6.07) is 4.72. The normalized spacial score (nSPS) is 12.2. The number of rotatable bonds is 8. The van der Waals surface area contributed by atoms with E-state index >= 15 is 0 Å². The Hall–Kier alpha value is -1.57. The zero-order valence-corrected chi connectivity index (χ0v) is 14.2. The Morgan fingerprint density at radius 2 is 2.04 bits per heavy atom. The predicted octanol–water partition coefficient (Wildman–Crippen LogP) is 2.38. The highest BCUT2D eigenvalue weighted by Gasteiger charge is 2.26. The molecule has 7 heteroatoms. The van der Waals surface area contributed by atoms with Crippen LogP contribution in [0.15, 0.2) is 35.5 Å². The van der Waals surface area contributed by atoms with E-state index < -0.39 is 15.8 Å². The van der Waals surface area contributed by atoms with Crippen LogP contribution in [0, 0.1) is 5.82 Å². The Bertz CT molecular complexity index is 760. The molecule has 0 bridgehead atoms. The molecular weight excluding hydrogens is 317 g/mol. The molecule has 0 saturated carbocycles. The molecule has 1 N–H and O–H groups in total. The van der Waals surface area contributed by atoms with Crippen LogP contribution < -0.4 is 5.32 Å². The highest BCUT2D eigenvalue weighted by Crippen LogP contribution is 2.27. The molecule has 23 heavy (non-hydrogen) atoms. The number of fused-ring (bicyclic) bond motifs is 1. The Labute approximate surface area is 136 Å². The van der Waals surface area contributed by atoms with Crippen LogP contribution in [-0.2, 0) is 10.0 Å². The molecule has 1 aromatic carbocycles. The van der Waals surface area contributed by atoms with Gasteiger partial charge in [0.2, 0.25) is 10.0 Å². The van der Waals surface area contributed by atoms with Gasteiger partial charge in [-0.3, -0.25) is 4.98 Å². The third-order valence-corrected chi connectivity index (χ3v) is 5.70. The number of hydrogen-bond donors (Lipinski definition) is 1. The summed E-state index contributed by atoms with van der Waals surface area (Å²) in [5.74, 6) is -0.620. The van der Waals surface area contributed by atoms with Crippen LogP contribution in [-0.4, -0.2) is 43.9 Å². The summed E-state index contributed by atoms with van der Waals surface area (Å²) in [5, 5.41) is 3.75. The number of sulfonamides is 1. The molecule has 2 aromatic rings. The topological polar surface area (TPSA) is 62.3 Å². The monoisotopic (exact) mass is 339 g/mol. The minimum Gasteiger partial charge on any atom is -0.317 e. The maximum atomic E-state index is 14.1. The van der Waals surface area contributed by atoms with Gasteiger partial charge in [0, 0.05) is 30.1 Å². The third kappa shape index (κ3) is 3.85. The van der Waals surface area contributed by atoms with E-state index in [1.807, 2.05) is 6.92 Å². The Balaban J connectivity index is 2.38. The van der Waals surface area contributed by atoms with E-state index in [9.17, 15) is 12.8 Å². The van der Waals surface area contributed by atoms with Gasteiger partial charge < -0.3 is 5.32 Å². The van der Waals surface area contributed by atoms with Crippen LogP contribution in [0.2, 0.25) is 0 Å². The molecule has 0 radical (unpaired) electrons. The Morgan fingerprint density at radius 1 is 1.26 bits per heavy atom. The number of hydrogen-bond acceptors (Lipinski definition) is 4. The lowest BCUT2D eigenvalue weighted by atomic mass is 10.2. The molecule has 0 aliphatic heterocycles. The van der Waals surface area contributed by atoms with Crippen molar-refractivity contribution < 1.29 is 12.8 Å². The Kier molecular flexibility index (Phi) is 6.04. The van der Waals surface area contributed by atoms with Crippen molar-refractivity contribution in [1.29, 1.82) is 0 Å². The fourth-order valence-corrected chi connectivity index (χ4v) is 4.23. The molecule has 0 spiro atoms.